The van der Waals surface area contributed by atoms with Gasteiger partial charge in [0.05, 0.1) is 30.5 Å². The largest absolute Gasteiger partial charge is 0.507 e. The van der Waals surface area contributed by atoms with E-state index in [1.165, 1.54) is 4.90 Å². The number of hydrogen-bond acceptors (Lipinski definition) is 10. The Kier molecular flexibility index (Phi) is 7.25. The summed E-state index contributed by atoms with van der Waals surface area (Å²) in [5, 5.41) is 11.6. The number of benzene rings is 2. The van der Waals surface area contributed by atoms with Crippen LogP contribution >= 0.6 is 11.3 Å². The molecule has 0 spiro atoms. The molecule has 202 valence electrons. The molecule has 1 atom stereocenters. The number of carbonyl (C=O) groups excluding carboxylic acids is 3. The van der Waals surface area contributed by atoms with E-state index in [0.717, 1.165) is 11.3 Å². The van der Waals surface area contributed by atoms with Crippen molar-refractivity contribution in [3.63, 3.8) is 0 Å². The molecule has 0 radical (unpaired) electrons. The molecule has 1 saturated heterocycles. The van der Waals surface area contributed by atoms with Crippen molar-refractivity contribution in [1.82, 2.24) is 4.98 Å². The fraction of sp³-hybridized carbons (Fsp3) is 0.286. The lowest BCUT2D eigenvalue weighted by molar-refractivity contribution is -0.132. The molecular formula is C28H26N2O8S. The molecule has 3 heterocycles. The number of hydrogen-bond donors (Lipinski definition) is 1. The summed E-state index contributed by atoms with van der Waals surface area (Å²) in [5.74, 6) is -1.25. The van der Waals surface area contributed by atoms with Gasteiger partial charge in [-0.15, -0.1) is 0 Å². The summed E-state index contributed by atoms with van der Waals surface area (Å²) >= 11 is 0.947. The molecule has 1 aromatic heterocycles. The Balaban J connectivity index is 1.67. The molecule has 39 heavy (non-hydrogen) atoms. The number of aliphatic hydroxyl groups excluding tert-OH is 1. The Morgan fingerprint density at radius 2 is 1.87 bits per heavy atom. The van der Waals surface area contributed by atoms with Crippen LogP contribution in [0, 0.1) is 6.92 Å². The number of anilines is 1. The van der Waals surface area contributed by atoms with Gasteiger partial charge in [-0.3, -0.25) is 14.5 Å². The minimum absolute atomic E-state index is 0.129. The number of aryl methyl sites for hydroxylation is 1. The number of esters is 1. The SMILES string of the molecule is CCOC(=O)c1sc(N2C(=O)C(=O)/C(=C(\O)c3ccc4c(c3)OCCO4)C2c2cccc(OCC)c2)nc1C. The van der Waals surface area contributed by atoms with Crippen molar-refractivity contribution in [3.05, 3.63) is 69.7 Å². The predicted molar refractivity (Wildman–Crippen MR) is 143 cm³/mol. The highest BCUT2D eigenvalue weighted by Gasteiger charge is 2.48. The molecule has 11 heteroatoms. The van der Waals surface area contributed by atoms with Crippen molar-refractivity contribution < 1.29 is 38.4 Å². The molecule has 1 unspecified atom stereocenters. The lowest BCUT2D eigenvalue weighted by Crippen LogP contribution is -2.29. The van der Waals surface area contributed by atoms with E-state index in [4.69, 9.17) is 18.9 Å². The van der Waals surface area contributed by atoms with E-state index >= 15 is 0 Å². The molecule has 1 fully saturated rings. The number of ether oxygens (including phenoxy) is 4. The molecule has 1 amide bonds. The van der Waals surface area contributed by atoms with Gasteiger partial charge < -0.3 is 24.1 Å². The molecular weight excluding hydrogens is 524 g/mol. The smallest absolute Gasteiger partial charge is 0.350 e. The Morgan fingerprint density at radius 1 is 1.10 bits per heavy atom. The van der Waals surface area contributed by atoms with E-state index in [2.05, 4.69) is 4.98 Å². The highest BCUT2D eigenvalue weighted by Crippen LogP contribution is 2.45. The number of amides is 1. The monoisotopic (exact) mass is 550 g/mol. The summed E-state index contributed by atoms with van der Waals surface area (Å²) < 4.78 is 22.0. The second kappa shape index (κ2) is 10.8. The van der Waals surface area contributed by atoms with Gasteiger partial charge in [-0.1, -0.05) is 23.5 Å². The van der Waals surface area contributed by atoms with Gasteiger partial charge in [0.2, 0.25) is 0 Å². The van der Waals surface area contributed by atoms with Crippen molar-refractivity contribution >= 4 is 39.9 Å². The van der Waals surface area contributed by atoms with Gasteiger partial charge in [0.1, 0.15) is 29.6 Å². The maximum Gasteiger partial charge on any atom is 0.350 e. The van der Waals surface area contributed by atoms with Crippen molar-refractivity contribution in [2.75, 3.05) is 31.3 Å². The van der Waals surface area contributed by atoms with Crippen molar-refractivity contribution in [3.8, 4) is 17.2 Å². The second-order valence-corrected chi connectivity index (χ2v) is 9.64. The number of ketones is 1. The molecule has 3 aromatic rings. The summed E-state index contributed by atoms with van der Waals surface area (Å²) in [6, 6.07) is 10.7. The quantitative estimate of drug-likeness (QED) is 0.197. The van der Waals surface area contributed by atoms with E-state index in [-0.39, 0.29) is 33.5 Å². The van der Waals surface area contributed by atoms with Gasteiger partial charge in [0.25, 0.3) is 5.78 Å². The number of thiazole rings is 1. The first-order chi connectivity index (χ1) is 18.8. The minimum Gasteiger partial charge on any atom is -0.507 e. The number of aromatic nitrogens is 1. The number of rotatable bonds is 7. The van der Waals surface area contributed by atoms with Crippen LogP contribution in [-0.4, -0.2) is 54.2 Å². The average molecular weight is 551 g/mol. The van der Waals surface area contributed by atoms with Crippen molar-refractivity contribution in [2.24, 2.45) is 0 Å². The topological polar surface area (TPSA) is 124 Å². The van der Waals surface area contributed by atoms with Crippen LogP contribution in [0.25, 0.3) is 5.76 Å². The summed E-state index contributed by atoms with van der Waals surface area (Å²) in [6.07, 6.45) is 0. The Bertz CT molecular complexity index is 1490. The normalized spacial score (nSPS) is 17.8. The van der Waals surface area contributed by atoms with Crippen molar-refractivity contribution in [2.45, 2.75) is 26.8 Å². The lowest BCUT2D eigenvalue weighted by atomic mass is 9.95. The summed E-state index contributed by atoms with van der Waals surface area (Å²) in [7, 11) is 0. The maximum atomic E-state index is 13.5. The van der Waals surface area contributed by atoms with E-state index < -0.39 is 23.7 Å². The first-order valence-electron chi connectivity index (χ1n) is 12.4. The van der Waals surface area contributed by atoms with Gasteiger partial charge in [0.15, 0.2) is 16.6 Å². The minimum atomic E-state index is -1.04. The highest BCUT2D eigenvalue weighted by molar-refractivity contribution is 7.17. The third-order valence-electron chi connectivity index (χ3n) is 6.20. The van der Waals surface area contributed by atoms with E-state index in [1.807, 2.05) is 6.92 Å². The van der Waals surface area contributed by atoms with Crippen molar-refractivity contribution in [1.29, 1.82) is 0 Å². The van der Waals surface area contributed by atoms with Crippen LogP contribution in [0.4, 0.5) is 5.13 Å². The van der Waals surface area contributed by atoms with Crippen LogP contribution in [0.5, 0.6) is 17.2 Å². The third kappa shape index (κ3) is 4.81. The first kappa shape index (κ1) is 26.2. The number of Topliss-reactive ketones (excluding diaryl/α,β-unsaturated/α-hetero) is 1. The Labute approximate surface area is 228 Å². The summed E-state index contributed by atoms with van der Waals surface area (Å²) in [4.78, 5) is 45.3. The lowest BCUT2D eigenvalue weighted by Gasteiger charge is -2.23. The van der Waals surface area contributed by atoms with Gasteiger partial charge in [-0.2, -0.15) is 0 Å². The van der Waals surface area contributed by atoms with Gasteiger partial charge in [-0.25, -0.2) is 9.78 Å². The molecule has 10 nitrogen and oxygen atoms in total. The predicted octanol–water partition coefficient (Wildman–Crippen LogP) is 4.42. The van der Waals surface area contributed by atoms with Gasteiger partial charge in [0, 0.05) is 5.56 Å². The summed E-state index contributed by atoms with van der Waals surface area (Å²) in [6.45, 7) is 6.50. The molecule has 2 aliphatic heterocycles. The highest BCUT2D eigenvalue weighted by atomic mass is 32.1. The molecule has 2 aromatic carbocycles. The van der Waals surface area contributed by atoms with E-state index in [1.54, 1.807) is 56.3 Å². The fourth-order valence-corrected chi connectivity index (χ4v) is 5.49. The third-order valence-corrected chi connectivity index (χ3v) is 7.33. The van der Waals surface area contributed by atoms with Crippen LogP contribution in [0.3, 0.4) is 0 Å². The van der Waals surface area contributed by atoms with Gasteiger partial charge >= 0.3 is 11.9 Å². The number of nitrogens with zero attached hydrogens (tertiary/aromatic N) is 2. The van der Waals surface area contributed by atoms with Gasteiger partial charge in [-0.05, 0) is 56.7 Å². The molecule has 0 saturated carbocycles. The first-order valence-corrected chi connectivity index (χ1v) is 13.2. The van der Waals surface area contributed by atoms with E-state index in [0.29, 0.717) is 48.3 Å². The summed E-state index contributed by atoms with van der Waals surface area (Å²) in [5.41, 5.74) is 1.04. The number of aliphatic hydroxyl groups is 1. The van der Waals surface area contributed by atoms with Crippen LogP contribution < -0.4 is 19.1 Å². The standard InChI is InChI=1S/C28H26N2O8S/c1-4-35-18-8-6-7-16(13-18)22-21(23(31)17-9-10-19-20(14-17)38-12-11-37-19)24(32)26(33)30(22)28-29-15(3)25(39-28)27(34)36-5-2/h6-10,13-14,22,31H,4-5,11-12H2,1-3H3/b23-21-. The zero-order valence-corrected chi connectivity index (χ0v) is 22.4. The zero-order valence-electron chi connectivity index (χ0n) is 21.6. The van der Waals surface area contributed by atoms with Crippen LogP contribution in [0.2, 0.25) is 0 Å². The Morgan fingerprint density at radius 3 is 2.62 bits per heavy atom. The van der Waals surface area contributed by atoms with Crippen LogP contribution in [-0.2, 0) is 14.3 Å². The zero-order chi connectivity index (χ0) is 27.7. The fourth-order valence-electron chi connectivity index (χ4n) is 4.50. The molecule has 5 rings (SSSR count). The number of fused-ring (bicyclic) bond motifs is 1. The average Bonchev–Trinajstić information content (AvgIpc) is 3.45. The second-order valence-electron chi connectivity index (χ2n) is 8.66. The maximum absolute atomic E-state index is 13.5. The van der Waals surface area contributed by atoms with E-state index in [9.17, 15) is 19.5 Å². The van der Waals surface area contributed by atoms with Crippen LogP contribution in [0.15, 0.2) is 48.0 Å². The van der Waals surface area contributed by atoms with Crippen LogP contribution in [0.1, 0.15) is 46.4 Å². The molecule has 2 aliphatic rings. The Hall–Kier alpha value is -4.38. The molecule has 1 N–H and O–H groups in total. The molecule has 0 bridgehead atoms. The number of carbonyl (C=O) groups is 3. The molecule has 0 aliphatic carbocycles.